The van der Waals surface area contributed by atoms with Crippen molar-refractivity contribution < 1.29 is 13.9 Å². The second-order valence-electron chi connectivity index (χ2n) is 6.14. The first-order valence-electron chi connectivity index (χ1n) is 8.06. The van der Waals surface area contributed by atoms with Crippen LogP contribution in [0.5, 0.6) is 5.75 Å². The monoisotopic (exact) mass is 338 g/mol. The molecule has 1 aliphatic rings. The molecule has 7 nitrogen and oxygen atoms in total. The van der Waals surface area contributed by atoms with Crippen molar-refractivity contribution in [3.05, 3.63) is 48.1 Å². The average Bonchev–Trinajstić information content (AvgIpc) is 3.20. The summed E-state index contributed by atoms with van der Waals surface area (Å²) in [6.45, 7) is 4.15. The normalized spacial score (nSPS) is 16.4. The number of aromatic nitrogens is 3. The maximum atomic E-state index is 13.2. The molecule has 1 unspecified atom stereocenters. The van der Waals surface area contributed by atoms with Crippen molar-refractivity contribution >= 4 is 11.6 Å². The van der Waals surface area contributed by atoms with Crippen molar-refractivity contribution in [2.45, 2.75) is 19.9 Å². The molecule has 0 saturated carbocycles. The average molecular weight is 338 g/mol. The van der Waals surface area contributed by atoms with E-state index in [0.29, 0.717) is 23.9 Å². The van der Waals surface area contributed by atoms with Gasteiger partial charge < -0.3 is 9.15 Å². The van der Waals surface area contributed by atoms with Crippen molar-refractivity contribution in [2.24, 2.45) is 7.05 Å². The zero-order chi connectivity index (χ0) is 17.6. The van der Waals surface area contributed by atoms with Crippen LogP contribution in [0.1, 0.15) is 23.2 Å². The number of nitrogens with zero attached hydrogens (tertiary/aromatic N) is 4. The van der Waals surface area contributed by atoms with Crippen LogP contribution in [0.3, 0.4) is 0 Å². The smallest absolute Gasteiger partial charge is 0.296 e. The standard InChI is InChI=1S/C18H18N4O3/c1-11-10-24-15-7-5-4-6-14(15)22(11)18(23)16-12(2)20-17(25-16)13-8-19-21(3)9-13/h4-9,11H,10H2,1-3H3. The Morgan fingerprint density at radius 1 is 1.32 bits per heavy atom. The number of anilines is 1. The molecular formula is C18H18N4O3. The highest BCUT2D eigenvalue weighted by Crippen LogP contribution is 2.35. The lowest BCUT2D eigenvalue weighted by atomic mass is 10.1. The Kier molecular flexibility index (Phi) is 3.56. The number of benzene rings is 1. The summed E-state index contributed by atoms with van der Waals surface area (Å²) in [6.07, 6.45) is 3.46. The van der Waals surface area contributed by atoms with Crippen molar-refractivity contribution in [3.63, 3.8) is 0 Å². The largest absolute Gasteiger partial charge is 0.489 e. The van der Waals surface area contributed by atoms with Gasteiger partial charge in [-0.1, -0.05) is 12.1 Å². The predicted octanol–water partition coefficient (Wildman–Crippen LogP) is 2.81. The van der Waals surface area contributed by atoms with Crippen LogP contribution in [-0.4, -0.2) is 33.3 Å². The first kappa shape index (κ1) is 15.4. The zero-order valence-electron chi connectivity index (χ0n) is 14.3. The molecule has 1 atom stereocenters. The molecule has 1 amide bonds. The molecule has 0 spiro atoms. The molecule has 128 valence electrons. The topological polar surface area (TPSA) is 73.4 Å². The van der Waals surface area contributed by atoms with Crippen LogP contribution in [-0.2, 0) is 7.05 Å². The van der Waals surface area contributed by atoms with Gasteiger partial charge >= 0.3 is 0 Å². The van der Waals surface area contributed by atoms with Crippen LogP contribution in [0.2, 0.25) is 0 Å². The molecule has 0 fully saturated rings. The fourth-order valence-corrected chi connectivity index (χ4v) is 2.97. The molecule has 4 rings (SSSR count). The minimum atomic E-state index is -0.219. The van der Waals surface area contributed by atoms with Gasteiger partial charge in [-0.05, 0) is 26.0 Å². The van der Waals surface area contributed by atoms with E-state index in [-0.39, 0.29) is 17.7 Å². The van der Waals surface area contributed by atoms with Gasteiger partial charge in [0.25, 0.3) is 5.91 Å². The highest BCUT2D eigenvalue weighted by Gasteiger charge is 2.33. The summed E-state index contributed by atoms with van der Waals surface area (Å²) in [4.78, 5) is 19.3. The SMILES string of the molecule is Cc1nc(-c2cnn(C)c2)oc1C(=O)N1c2ccccc2OCC1C. The summed E-state index contributed by atoms with van der Waals surface area (Å²) < 4.78 is 13.2. The van der Waals surface area contributed by atoms with Gasteiger partial charge in [0.05, 0.1) is 29.2 Å². The number of para-hydroxylation sites is 2. The number of fused-ring (bicyclic) bond motifs is 1. The molecule has 25 heavy (non-hydrogen) atoms. The summed E-state index contributed by atoms with van der Waals surface area (Å²) in [6, 6.07) is 7.40. The van der Waals surface area contributed by atoms with Crippen LogP contribution in [0.25, 0.3) is 11.5 Å². The van der Waals surface area contributed by atoms with Crippen LogP contribution < -0.4 is 9.64 Å². The fraction of sp³-hybridized carbons (Fsp3) is 0.278. The van der Waals surface area contributed by atoms with Gasteiger partial charge in [-0.2, -0.15) is 5.10 Å². The molecule has 7 heteroatoms. The number of hydrogen-bond donors (Lipinski definition) is 0. The molecule has 0 aliphatic carbocycles. The van der Waals surface area contributed by atoms with E-state index >= 15 is 0 Å². The third-order valence-corrected chi connectivity index (χ3v) is 4.21. The van der Waals surface area contributed by atoms with E-state index in [0.717, 1.165) is 11.3 Å². The van der Waals surface area contributed by atoms with E-state index in [4.69, 9.17) is 9.15 Å². The number of hydrogen-bond acceptors (Lipinski definition) is 5. The Morgan fingerprint density at radius 3 is 2.88 bits per heavy atom. The Morgan fingerprint density at radius 2 is 2.12 bits per heavy atom. The Balaban J connectivity index is 1.73. The van der Waals surface area contributed by atoms with Crippen molar-refractivity contribution in [2.75, 3.05) is 11.5 Å². The van der Waals surface area contributed by atoms with Gasteiger partial charge in [0, 0.05) is 13.2 Å². The number of rotatable bonds is 2. The van der Waals surface area contributed by atoms with Crippen LogP contribution in [0, 0.1) is 6.92 Å². The van der Waals surface area contributed by atoms with Crippen molar-refractivity contribution in [3.8, 4) is 17.2 Å². The fourth-order valence-electron chi connectivity index (χ4n) is 2.97. The first-order chi connectivity index (χ1) is 12.0. The number of aryl methyl sites for hydroxylation is 2. The molecule has 0 bridgehead atoms. The maximum Gasteiger partial charge on any atom is 0.296 e. The Hall–Kier alpha value is -3.09. The van der Waals surface area contributed by atoms with E-state index in [1.54, 1.807) is 28.9 Å². The van der Waals surface area contributed by atoms with Gasteiger partial charge in [-0.25, -0.2) is 4.98 Å². The molecule has 1 aromatic carbocycles. The number of ether oxygens (including phenoxy) is 1. The first-order valence-corrected chi connectivity index (χ1v) is 8.06. The summed E-state index contributed by atoms with van der Waals surface area (Å²) in [5, 5.41) is 4.11. The van der Waals surface area contributed by atoms with Crippen LogP contribution >= 0.6 is 0 Å². The Bertz CT molecular complexity index is 943. The molecule has 3 aromatic rings. The van der Waals surface area contributed by atoms with E-state index in [9.17, 15) is 4.79 Å². The molecule has 1 aliphatic heterocycles. The van der Waals surface area contributed by atoms with Crippen LogP contribution in [0.15, 0.2) is 41.1 Å². The van der Waals surface area contributed by atoms with Gasteiger partial charge in [0.2, 0.25) is 11.7 Å². The molecule has 2 aromatic heterocycles. The summed E-state index contributed by atoms with van der Waals surface area (Å²) >= 11 is 0. The maximum absolute atomic E-state index is 13.2. The van der Waals surface area contributed by atoms with Gasteiger partial charge in [-0.15, -0.1) is 0 Å². The molecule has 0 N–H and O–H groups in total. The van der Waals surface area contributed by atoms with Crippen molar-refractivity contribution in [1.82, 2.24) is 14.8 Å². The van der Waals surface area contributed by atoms with Crippen LogP contribution in [0.4, 0.5) is 5.69 Å². The number of carbonyl (C=O) groups excluding carboxylic acids is 1. The third-order valence-electron chi connectivity index (χ3n) is 4.21. The molecule has 0 saturated heterocycles. The van der Waals surface area contributed by atoms with E-state index in [1.807, 2.05) is 38.2 Å². The van der Waals surface area contributed by atoms with Gasteiger partial charge in [-0.3, -0.25) is 14.4 Å². The summed E-state index contributed by atoms with van der Waals surface area (Å²) in [7, 11) is 1.82. The highest BCUT2D eigenvalue weighted by molar-refractivity contribution is 6.06. The minimum Gasteiger partial charge on any atom is -0.489 e. The number of oxazole rings is 1. The minimum absolute atomic E-state index is 0.103. The highest BCUT2D eigenvalue weighted by atomic mass is 16.5. The lowest BCUT2D eigenvalue weighted by molar-refractivity contribution is 0.0934. The quantitative estimate of drug-likeness (QED) is 0.718. The van der Waals surface area contributed by atoms with E-state index in [2.05, 4.69) is 10.1 Å². The van der Waals surface area contributed by atoms with Crippen molar-refractivity contribution in [1.29, 1.82) is 0 Å². The second-order valence-corrected chi connectivity index (χ2v) is 6.14. The molecule has 3 heterocycles. The Labute approximate surface area is 144 Å². The van der Waals surface area contributed by atoms with E-state index in [1.165, 1.54) is 0 Å². The number of amides is 1. The summed E-state index contributed by atoms with van der Waals surface area (Å²) in [5.41, 5.74) is 2.03. The molecule has 0 radical (unpaired) electrons. The summed E-state index contributed by atoms with van der Waals surface area (Å²) in [5.74, 6) is 1.10. The predicted molar refractivity (Wildman–Crippen MR) is 91.7 cm³/mol. The van der Waals surface area contributed by atoms with Gasteiger partial charge in [0.1, 0.15) is 12.4 Å². The third kappa shape index (κ3) is 2.57. The second kappa shape index (κ2) is 5.77. The molecular weight excluding hydrogens is 320 g/mol. The zero-order valence-corrected chi connectivity index (χ0v) is 14.3. The lowest BCUT2D eigenvalue weighted by Gasteiger charge is -2.34. The lowest BCUT2D eigenvalue weighted by Crippen LogP contribution is -2.45. The van der Waals surface area contributed by atoms with Gasteiger partial charge in [0.15, 0.2) is 0 Å². The number of carbonyl (C=O) groups is 1. The van der Waals surface area contributed by atoms with E-state index < -0.39 is 0 Å².